The molecule has 0 amide bonds. The maximum absolute atomic E-state index is 8.91. The molecule has 0 radical (unpaired) electrons. The Labute approximate surface area is 70.8 Å². The van der Waals surface area contributed by atoms with E-state index in [0.29, 0.717) is 0 Å². The van der Waals surface area contributed by atoms with E-state index in [-0.39, 0.29) is 6.10 Å². The minimum Gasteiger partial charge on any atom is -0.393 e. The van der Waals surface area contributed by atoms with Gasteiger partial charge in [0.25, 0.3) is 0 Å². The first-order valence-electron chi connectivity index (χ1n) is 4.81. The predicted octanol–water partition coefficient (Wildman–Crippen LogP) is 2.97. The van der Waals surface area contributed by atoms with Crippen LogP contribution in [0.3, 0.4) is 0 Å². The molecular weight excluding hydrogens is 136 g/mol. The lowest BCUT2D eigenvalue weighted by molar-refractivity contribution is 0.130. The lowest BCUT2D eigenvalue weighted by Crippen LogP contribution is -2.09. The molecule has 1 aliphatic rings. The SMILES string of the molecule is CC(C)C.OC1CCCCC1. The molecule has 1 saturated carbocycles. The molecule has 0 spiro atoms. The zero-order valence-electron chi connectivity index (χ0n) is 8.14. The van der Waals surface area contributed by atoms with Crippen LogP contribution in [-0.2, 0) is 0 Å². The highest BCUT2D eigenvalue weighted by Crippen LogP contribution is 2.16. The zero-order chi connectivity index (χ0) is 8.69. The second kappa shape index (κ2) is 6.66. The topological polar surface area (TPSA) is 20.2 Å². The van der Waals surface area contributed by atoms with Gasteiger partial charge in [0, 0.05) is 0 Å². The Hall–Kier alpha value is -0.0400. The molecule has 0 heterocycles. The van der Waals surface area contributed by atoms with Crippen LogP contribution in [0.15, 0.2) is 0 Å². The van der Waals surface area contributed by atoms with Crippen molar-refractivity contribution in [1.82, 2.24) is 0 Å². The number of rotatable bonds is 0. The fraction of sp³-hybridized carbons (Fsp3) is 1.00. The second-order valence-electron chi connectivity index (χ2n) is 4.02. The minimum absolute atomic E-state index is 0.0359. The van der Waals surface area contributed by atoms with Crippen LogP contribution in [0, 0.1) is 5.92 Å². The molecule has 1 heteroatoms. The highest BCUT2D eigenvalue weighted by atomic mass is 16.3. The summed E-state index contributed by atoms with van der Waals surface area (Å²) in [5.41, 5.74) is 0. The fourth-order valence-electron chi connectivity index (χ4n) is 1.08. The first-order chi connectivity index (χ1) is 5.13. The van der Waals surface area contributed by atoms with E-state index in [0.717, 1.165) is 18.8 Å². The molecule has 0 saturated heterocycles. The first kappa shape index (κ1) is 11.0. The minimum atomic E-state index is 0.0359. The summed E-state index contributed by atoms with van der Waals surface area (Å²) in [5, 5.41) is 8.91. The summed E-state index contributed by atoms with van der Waals surface area (Å²) in [5.74, 6) is 0.833. The van der Waals surface area contributed by atoms with Crippen molar-refractivity contribution in [3.05, 3.63) is 0 Å². The maximum atomic E-state index is 8.91. The van der Waals surface area contributed by atoms with E-state index in [1.807, 2.05) is 0 Å². The standard InChI is InChI=1S/C6H12O.C4H10/c7-6-4-2-1-3-5-6;1-4(2)3/h6-7H,1-5H2;4H,1-3H3. The highest BCUT2D eigenvalue weighted by molar-refractivity contribution is 4.61. The Morgan fingerprint density at radius 2 is 1.36 bits per heavy atom. The van der Waals surface area contributed by atoms with Crippen LogP contribution in [0.1, 0.15) is 52.9 Å². The number of aliphatic hydroxyl groups is 1. The van der Waals surface area contributed by atoms with Gasteiger partial charge in [-0.25, -0.2) is 0 Å². The van der Waals surface area contributed by atoms with E-state index < -0.39 is 0 Å². The Morgan fingerprint density at radius 1 is 1.00 bits per heavy atom. The second-order valence-corrected chi connectivity index (χ2v) is 4.02. The van der Waals surface area contributed by atoms with Gasteiger partial charge >= 0.3 is 0 Å². The third-order valence-corrected chi connectivity index (χ3v) is 1.57. The summed E-state index contributed by atoms with van der Waals surface area (Å²) < 4.78 is 0. The van der Waals surface area contributed by atoms with Crippen LogP contribution in [0.2, 0.25) is 0 Å². The predicted molar refractivity (Wildman–Crippen MR) is 49.6 cm³/mol. The van der Waals surface area contributed by atoms with E-state index >= 15 is 0 Å². The van der Waals surface area contributed by atoms with E-state index in [9.17, 15) is 0 Å². The highest BCUT2D eigenvalue weighted by Gasteiger charge is 2.07. The van der Waals surface area contributed by atoms with Crippen molar-refractivity contribution >= 4 is 0 Å². The summed E-state index contributed by atoms with van der Waals surface area (Å²) in [4.78, 5) is 0. The third kappa shape index (κ3) is 9.96. The van der Waals surface area contributed by atoms with E-state index in [2.05, 4.69) is 20.8 Å². The van der Waals surface area contributed by atoms with Crippen molar-refractivity contribution in [1.29, 1.82) is 0 Å². The molecule has 1 nitrogen and oxygen atoms in total. The van der Waals surface area contributed by atoms with Gasteiger partial charge in [-0.05, 0) is 18.8 Å². The molecule has 0 aromatic heterocycles. The lowest BCUT2D eigenvalue weighted by Gasteiger charge is -2.14. The molecule has 0 bridgehead atoms. The summed E-state index contributed by atoms with van der Waals surface area (Å²) >= 11 is 0. The van der Waals surface area contributed by atoms with E-state index in [1.165, 1.54) is 19.3 Å². The van der Waals surface area contributed by atoms with Gasteiger partial charge in [-0.2, -0.15) is 0 Å². The van der Waals surface area contributed by atoms with Crippen LogP contribution in [0.5, 0.6) is 0 Å². The molecule has 0 unspecified atom stereocenters. The molecule has 0 aliphatic heterocycles. The van der Waals surface area contributed by atoms with Crippen LogP contribution in [0.25, 0.3) is 0 Å². The lowest BCUT2D eigenvalue weighted by atomic mass is 9.98. The summed E-state index contributed by atoms with van der Waals surface area (Å²) in [6, 6.07) is 0. The number of aliphatic hydroxyl groups excluding tert-OH is 1. The average molecular weight is 158 g/mol. The summed E-state index contributed by atoms with van der Waals surface area (Å²) in [6.07, 6.45) is 5.92. The molecular formula is C10H22O. The number of hydrogen-bond acceptors (Lipinski definition) is 1. The Balaban J connectivity index is 0.000000218. The van der Waals surface area contributed by atoms with Crippen LogP contribution in [-0.4, -0.2) is 11.2 Å². The van der Waals surface area contributed by atoms with Gasteiger partial charge in [0.15, 0.2) is 0 Å². The molecule has 0 aromatic rings. The summed E-state index contributed by atoms with van der Waals surface area (Å²) in [6.45, 7) is 6.50. The van der Waals surface area contributed by atoms with Crippen LogP contribution >= 0.6 is 0 Å². The maximum Gasteiger partial charge on any atom is 0.0540 e. The first-order valence-corrected chi connectivity index (χ1v) is 4.81. The Kier molecular flexibility index (Phi) is 6.63. The van der Waals surface area contributed by atoms with Crippen molar-refractivity contribution in [3.63, 3.8) is 0 Å². The van der Waals surface area contributed by atoms with Gasteiger partial charge in [-0.15, -0.1) is 0 Å². The van der Waals surface area contributed by atoms with Crippen LogP contribution < -0.4 is 0 Å². The van der Waals surface area contributed by atoms with Gasteiger partial charge in [-0.3, -0.25) is 0 Å². The van der Waals surface area contributed by atoms with Gasteiger partial charge in [0.1, 0.15) is 0 Å². The van der Waals surface area contributed by atoms with Crippen molar-refractivity contribution in [2.75, 3.05) is 0 Å². The van der Waals surface area contributed by atoms with Crippen molar-refractivity contribution in [2.45, 2.75) is 59.0 Å². The molecule has 1 aliphatic carbocycles. The van der Waals surface area contributed by atoms with Crippen molar-refractivity contribution in [2.24, 2.45) is 5.92 Å². The van der Waals surface area contributed by atoms with E-state index in [4.69, 9.17) is 5.11 Å². The number of hydrogen-bond donors (Lipinski definition) is 1. The molecule has 11 heavy (non-hydrogen) atoms. The monoisotopic (exact) mass is 158 g/mol. The molecule has 0 atom stereocenters. The normalized spacial score (nSPS) is 19.4. The fourth-order valence-corrected chi connectivity index (χ4v) is 1.08. The van der Waals surface area contributed by atoms with Gasteiger partial charge < -0.3 is 5.11 Å². The largest absolute Gasteiger partial charge is 0.393 e. The molecule has 1 fully saturated rings. The van der Waals surface area contributed by atoms with Gasteiger partial charge in [0.05, 0.1) is 6.10 Å². The Bertz CT molecular complexity index is 70.2. The average Bonchev–Trinajstić information content (AvgIpc) is 1.87. The Morgan fingerprint density at radius 3 is 1.55 bits per heavy atom. The third-order valence-electron chi connectivity index (χ3n) is 1.57. The van der Waals surface area contributed by atoms with Crippen LogP contribution in [0.4, 0.5) is 0 Å². The molecule has 68 valence electrons. The zero-order valence-corrected chi connectivity index (χ0v) is 8.14. The van der Waals surface area contributed by atoms with Crippen molar-refractivity contribution in [3.8, 4) is 0 Å². The summed E-state index contributed by atoms with van der Waals surface area (Å²) in [7, 11) is 0. The van der Waals surface area contributed by atoms with Gasteiger partial charge in [0.2, 0.25) is 0 Å². The quantitative estimate of drug-likeness (QED) is 0.574. The molecule has 1 rings (SSSR count). The van der Waals surface area contributed by atoms with Gasteiger partial charge in [-0.1, -0.05) is 40.0 Å². The van der Waals surface area contributed by atoms with E-state index in [1.54, 1.807) is 0 Å². The molecule has 1 N–H and O–H groups in total. The van der Waals surface area contributed by atoms with Crippen molar-refractivity contribution < 1.29 is 5.11 Å². The smallest absolute Gasteiger partial charge is 0.0540 e. The molecule has 0 aromatic carbocycles.